The van der Waals surface area contributed by atoms with Crippen LogP contribution < -0.4 is 4.90 Å². The van der Waals surface area contributed by atoms with Gasteiger partial charge in [0.15, 0.2) is 17.3 Å². The number of aromatic hydroxyl groups is 1. The summed E-state index contributed by atoms with van der Waals surface area (Å²) in [6.07, 6.45) is 3.56. The molecule has 4 atom stereocenters. The summed E-state index contributed by atoms with van der Waals surface area (Å²) < 4.78 is 0.821. The highest BCUT2D eigenvalue weighted by Gasteiger charge is 2.57. The maximum Gasteiger partial charge on any atom is 0.238 e. The third-order valence-electron chi connectivity index (χ3n) is 9.06. The highest BCUT2D eigenvalue weighted by atomic mass is 79.9. The molecule has 1 heterocycles. The Balaban J connectivity index is 1.27. The van der Waals surface area contributed by atoms with Gasteiger partial charge in [-0.2, -0.15) is 0 Å². The molecule has 3 aromatic carbocycles. The number of amides is 2. The molecule has 7 rings (SSSR count). The summed E-state index contributed by atoms with van der Waals surface area (Å²) in [7, 11) is 0. The lowest BCUT2D eigenvalue weighted by Gasteiger charge is -2.42. The molecule has 7 nitrogen and oxygen atoms in total. The molecule has 1 saturated heterocycles. The maximum atomic E-state index is 14.1. The summed E-state index contributed by atoms with van der Waals surface area (Å²) in [6, 6.07) is 20.2. The van der Waals surface area contributed by atoms with Gasteiger partial charge >= 0.3 is 0 Å². The van der Waals surface area contributed by atoms with Crippen molar-refractivity contribution in [3.05, 3.63) is 127 Å². The van der Waals surface area contributed by atoms with E-state index in [4.69, 9.17) is 0 Å². The van der Waals surface area contributed by atoms with E-state index in [0.29, 0.717) is 38.0 Å². The zero-order chi connectivity index (χ0) is 30.9. The fourth-order valence-electron chi connectivity index (χ4n) is 7.09. The molecule has 3 aromatic rings. The minimum atomic E-state index is -0.758. The van der Waals surface area contributed by atoms with Crippen LogP contribution in [0.15, 0.2) is 111 Å². The van der Waals surface area contributed by atoms with E-state index in [9.17, 15) is 29.1 Å². The number of carbonyl (C=O) groups is 5. The Labute approximate surface area is 269 Å². The van der Waals surface area contributed by atoms with Crippen molar-refractivity contribution in [3.8, 4) is 5.75 Å². The van der Waals surface area contributed by atoms with Crippen LogP contribution in [0.2, 0.25) is 0 Å². The van der Waals surface area contributed by atoms with E-state index in [2.05, 4.69) is 31.9 Å². The van der Waals surface area contributed by atoms with Crippen LogP contribution in [0.25, 0.3) is 0 Å². The topological polar surface area (TPSA) is 109 Å². The van der Waals surface area contributed by atoms with Crippen LogP contribution in [0.5, 0.6) is 5.75 Å². The first kappa shape index (κ1) is 28.6. The Morgan fingerprint density at radius 2 is 1.55 bits per heavy atom. The third-order valence-corrected chi connectivity index (χ3v) is 10.1. The van der Waals surface area contributed by atoms with Gasteiger partial charge in [0.1, 0.15) is 5.75 Å². The lowest BCUT2D eigenvalue weighted by Crippen LogP contribution is -2.39. The second-order valence-corrected chi connectivity index (χ2v) is 13.1. The summed E-state index contributed by atoms with van der Waals surface area (Å²) in [4.78, 5) is 68.8. The van der Waals surface area contributed by atoms with Crippen LogP contribution in [0.4, 0.5) is 5.69 Å². The maximum absolute atomic E-state index is 14.1. The number of fused-ring (bicyclic) bond motifs is 3. The normalized spacial score (nSPS) is 24.5. The largest absolute Gasteiger partial charge is 0.508 e. The number of hydrogen-bond acceptors (Lipinski definition) is 6. The zero-order valence-electron chi connectivity index (χ0n) is 23.0. The number of ketones is 3. The predicted octanol–water partition coefficient (Wildman–Crippen LogP) is 6.35. The van der Waals surface area contributed by atoms with Gasteiger partial charge in [0.05, 0.1) is 22.0 Å². The highest BCUT2D eigenvalue weighted by Crippen LogP contribution is 2.56. The molecule has 0 radical (unpaired) electrons. The van der Waals surface area contributed by atoms with E-state index in [-0.39, 0.29) is 52.2 Å². The van der Waals surface area contributed by atoms with Gasteiger partial charge in [0.2, 0.25) is 11.8 Å². The Hall–Kier alpha value is -4.21. The molecule has 44 heavy (non-hydrogen) atoms. The van der Waals surface area contributed by atoms with Crippen molar-refractivity contribution in [3.63, 3.8) is 0 Å². The molecular weight excluding hydrogens is 690 g/mol. The standard InChI is InChI=1S/C35H23Br2NO6/c36-19-8-13-27(39)24(14-19)29-21-11-12-22-30(23(21)15-25-31(29)28(40)16-26(37)33(25)42)35(44)38(34(22)43)20-9-6-18(7-10-20)32(41)17-4-2-1-3-5-17/h1-11,13-14,16,22-23,29-30,39H,12,15H2/t22-,23+,29+,30-/m0/s1. The van der Waals surface area contributed by atoms with Crippen molar-refractivity contribution in [2.24, 2.45) is 17.8 Å². The van der Waals surface area contributed by atoms with Gasteiger partial charge in [-0.1, -0.05) is 57.9 Å². The molecule has 1 fully saturated rings. The summed E-state index contributed by atoms with van der Waals surface area (Å²) in [5.74, 6) is -4.30. The Kier molecular flexibility index (Phi) is 6.98. The second-order valence-electron chi connectivity index (χ2n) is 11.4. The minimum Gasteiger partial charge on any atom is -0.508 e. The smallest absolute Gasteiger partial charge is 0.238 e. The van der Waals surface area contributed by atoms with Crippen molar-refractivity contribution in [1.29, 1.82) is 0 Å². The summed E-state index contributed by atoms with van der Waals surface area (Å²) in [5.41, 5.74) is 3.11. The van der Waals surface area contributed by atoms with E-state index in [1.165, 1.54) is 17.0 Å². The Morgan fingerprint density at radius 1 is 0.841 bits per heavy atom. The zero-order valence-corrected chi connectivity index (χ0v) is 26.2. The van der Waals surface area contributed by atoms with Crippen molar-refractivity contribution in [1.82, 2.24) is 0 Å². The van der Waals surface area contributed by atoms with E-state index < -0.39 is 23.7 Å². The molecule has 3 aliphatic carbocycles. The number of hydrogen-bond donors (Lipinski definition) is 1. The lowest BCUT2D eigenvalue weighted by molar-refractivity contribution is -0.123. The fourth-order valence-corrected chi connectivity index (χ4v) is 7.92. The molecule has 0 saturated carbocycles. The number of carbonyl (C=O) groups excluding carboxylic acids is 5. The van der Waals surface area contributed by atoms with E-state index in [1.54, 1.807) is 60.7 Å². The third kappa shape index (κ3) is 4.40. The molecular formula is C35H23Br2NO6. The van der Waals surface area contributed by atoms with Crippen LogP contribution in [0.1, 0.15) is 40.2 Å². The number of Topliss-reactive ketones (excluding diaryl/α,β-unsaturated/α-hetero) is 1. The number of phenolic OH excluding ortho intramolecular Hbond substituents is 1. The summed E-state index contributed by atoms with van der Waals surface area (Å²) in [6.45, 7) is 0. The van der Waals surface area contributed by atoms with E-state index in [0.717, 1.165) is 5.57 Å². The first-order chi connectivity index (χ1) is 21.2. The number of benzene rings is 3. The van der Waals surface area contributed by atoms with Crippen LogP contribution in [0, 0.1) is 17.8 Å². The van der Waals surface area contributed by atoms with Gasteiger partial charge < -0.3 is 5.11 Å². The van der Waals surface area contributed by atoms with Crippen LogP contribution >= 0.6 is 31.9 Å². The number of anilines is 1. The van der Waals surface area contributed by atoms with Crippen molar-refractivity contribution >= 4 is 66.7 Å². The van der Waals surface area contributed by atoms with Gasteiger partial charge in [-0.25, -0.2) is 0 Å². The highest BCUT2D eigenvalue weighted by molar-refractivity contribution is 9.12. The fraction of sp³-hybridized carbons (Fsp3) is 0.171. The molecule has 4 aliphatic rings. The van der Waals surface area contributed by atoms with Gasteiger partial charge in [-0.3, -0.25) is 28.9 Å². The molecule has 0 unspecified atom stereocenters. The molecule has 1 aliphatic heterocycles. The monoisotopic (exact) mass is 711 g/mol. The van der Waals surface area contributed by atoms with Gasteiger partial charge in [0, 0.05) is 44.3 Å². The predicted molar refractivity (Wildman–Crippen MR) is 169 cm³/mol. The SMILES string of the molecule is O=C1C=C(Br)C(=O)C2=C1[C@@H](c1cc(Br)ccc1O)C1=CC[C@@H]3C(=O)N(c4ccc(C(=O)c5ccccc5)cc4)C(=O)[C@@H]3[C@@H]1C2. The first-order valence-corrected chi connectivity index (χ1v) is 15.7. The van der Waals surface area contributed by atoms with Gasteiger partial charge in [-0.05, 0) is 77.2 Å². The summed E-state index contributed by atoms with van der Waals surface area (Å²) >= 11 is 6.68. The number of nitrogens with zero attached hydrogens (tertiary/aromatic N) is 1. The second kappa shape index (κ2) is 10.7. The van der Waals surface area contributed by atoms with Crippen LogP contribution in [-0.2, 0) is 19.2 Å². The molecule has 0 aromatic heterocycles. The van der Waals surface area contributed by atoms with E-state index in [1.807, 2.05) is 12.1 Å². The molecule has 0 spiro atoms. The quantitative estimate of drug-likeness (QED) is 0.146. The Bertz CT molecular complexity index is 1910. The molecule has 1 N–H and O–H groups in total. The van der Waals surface area contributed by atoms with Gasteiger partial charge in [-0.15, -0.1) is 0 Å². The van der Waals surface area contributed by atoms with Crippen molar-refractivity contribution < 1.29 is 29.1 Å². The average molecular weight is 713 g/mol. The average Bonchev–Trinajstić information content (AvgIpc) is 3.29. The number of allylic oxidation sites excluding steroid dienone is 6. The molecule has 0 bridgehead atoms. The molecule has 9 heteroatoms. The van der Waals surface area contributed by atoms with Crippen LogP contribution in [0.3, 0.4) is 0 Å². The molecule has 218 valence electrons. The Morgan fingerprint density at radius 3 is 2.27 bits per heavy atom. The number of halogens is 2. The summed E-state index contributed by atoms with van der Waals surface area (Å²) in [5, 5.41) is 10.9. The van der Waals surface area contributed by atoms with Gasteiger partial charge in [0.25, 0.3) is 0 Å². The number of phenols is 1. The van der Waals surface area contributed by atoms with Crippen LogP contribution in [-0.4, -0.2) is 34.3 Å². The lowest BCUT2D eigenvalue weighted by atomic mass is 9.59. The first-order valence-electron chi connectivity index (χ1n) is 14.1. The minimum absolute atomic E-state index is 0.0387. The number of imide groups is 1. The van der Waals surface area contributed by atoms with Crippen molar-refractivity contribution in [2.75, 3.05) is 4.90 Å². The van der Waals surface area contributed by atoms with E-state index >= 15 is 0 Å². The molecule has 2 amide bonds. The number of rotatable bonds is 4. The van der Waals surface area contributed by atoms with Crippen molar-refractivity contribution in [2.45, 2.75) is 18.8 Å².